The zero-order valence-electron chi connectivity index (χ0n) is 13.3. The van der Waals surface area contributed by atoms with E-state index >= 15 is 0 Å². The van der Waals surface area contributed by atoms with E-state index in [1.54, 1.807) is 35.8 Å². The highest BCUT2D eigenvalue weighted by Gasteiger charge is 2.35. The highest BCUT2D eigenvalue weighted by atomic mass is 32.2. The van der Waals surface area contributed by atoms with E-state index in [1.165, 1.54) is 11.3 Å². The van der Waals surface area contributed by atoms with Crippen LogP contribution in [0.1, 0.15) is 18.4 Å². The van der Waals surface area contributed by atoms with Crippen LogP contribution in [0.3, 0.4) is 0 Å². The van der Waals surface area contributed by atoms with Crippen molar-refractivity contribution < 1.29 is 13.2 Å². The number of fused-ring (bicyclic) bond motifs is 1. The van der Waals surface area contributed by atoms with Crippen LogP contribution in [0.25, 0.3) is 0 Å². The molecule has 1 fully saturated rings. The molecule has 4 rings (SSSR count). The number of carbonyl (C=O) groups is 1. The smallest absolute Gasteiger partial charge is 0.285 e. The highest BCUT2D eigenvalue weighted by Crippen LogP contribution is 2.30. The molecule has 2 aliphatic rings. The molecular formula is C16H16N4O3S2. The Kier molecular flexibility index (Phi) is 4.04. The number of hydrogen-bond acceptors (Lipinski definition) is 6. The number of anilines is 1. The molecule has 130 valence electrons. The fourth-order valence-corrected chi connectivity index (χ4v) is 4.95. The molecule has 2 aliphatic heterocycles. The minimum Gasteiger partial charge on any atom is -0.355 e. The normalized spacial score (nSPS) is 21.5. The third-order valence-corrected chi connectivity index (χ3v) is 6.38. The Labute approximate surface area is 149 Å². The molecule has 0 radical (unpaired) electrons. The summed E-state index contributed by atoms with van der Waals surface area (Å²) in [5, 5.41) is 5.20. The van der Waals surface area contributed by atoms with E-state index in [-0.39, 0.29) is 16.7 Å². The SMILES string of the molecule is O=C(Nc1nccs1)C1CCCN(C2=NS(=O)(=O)c3ccccc32)C1. The number of carbonyl (C=O) groups excluding carboxylic acids is 1. The van der Waals surface area contributed by atoms with Gasteiger partial charge in [-0.2, -0.15) is 8.42 Å². The zero-order chi connectivity index (χ0) is 17.4. The Morgan fingerprint density at radius 2 is 2.16 bits per heavy atom. The molecule has 1 aromatic carbocycles. The van der Waals surface area contributed by atoms with Gasteiger partial charge in [-0.1, -0.05) is 12.1 Å². The van der Waals surface area contributed by atoms with Gasteiger partial charge in [-0.05, 0) is 25.0 Å². The summed E-state index contributed by atoms with van der Waals surface area (Å²) in [4.78, 5) is 18.7. The number of aromatic nitrogens is 1. The average Bonchev–Trinajstić information content (AvgIpc) is 3.21. The van der Waals surface area contributed by atoms with E-state index in [9.17, 15) is 13.2 Å². The molecule has 0 bridgehead atoms. The molecule has 1 saturated heterocycles. The fourth-order valence-electron chi connectivity index (χ4n) is 3.19. The number of rotatable bonds is 2. The molecule has 3 heterocycles. The van der Waals surface area contributed by atoms with Gasteiger partial charge in [-0.3, -0.25) is 4.79 Å². The average molecular weight is 376 g/mol. The number of amides is 1. The van der Waals surface area contributed by atoms with E-state index in [1.807, 2.05) is 4.90 Å². The van der Waals surface area contributed by atoms with Crippen LogP contribution < -0.4 is 5.32 Å². The van der Waals surface area contributed by atoms with E-state index in [2.05, 4.69) is 14.7 Å². The predicted molar refractivity (Wildman–Crippen MR) is 95.2 cm³/mol. The summed E-state index contributed by atoms with van der Waals surface area (Å²) in [5.41, 5.74) is 0.614. The second kappa shape index (κ2) is 6.23. The van der Waals surface area contributed by atoms with Crippen molar-refractivity contribution in [2.75, 3.05) is 18.4 Å². The molecule has 0 aliphatic carbocycles. The maximum atomic E-state index is 12.5. The molecule has 25 heavy (non-hydrogen) atoms. The van der Waals surface area contributed by atoms with Gasteiger partial charge in [0.2, 0.25) is 5.91 Å². The summed E-state index contributed by atoms with van der Waals surface area (Å²) in [6, 6.07) is 6.82. The van der Waals surface area contributed by atoms with Gasteiger partial charge < -0.3 is 10.2 Å². The molecule has 1 unspecified atom stereocenters. The van der Waals surface area contributed by atoms with Crippen molar-refractivity contribution in [1.29, 1.82) is 0 Å². The number of sulfonamides is 1. The van der Waals surface area contributed by atoms with Crippen molar-refractivity contribution in [2.45, 2.75) is 17.7 Å². The maximum absolute atomic E-state index is 12.5. The zero-order valence-corrected chi connectivity index (χ0v) is 14.9. The Bertz CT molecular complexity index is 938. The molecular weight excluding hydrogens is 360 g/mol. The summed E-state index contributed by atoms with van der Waals surface area (Å²) in [6.07, 6.45) is 3.20. The lowest BCUT2D eigenvalue weighted by molar-refractivity contribution is -0.121. The number of likely N-dealkylation sites (tertiary alicyclic amines) is 1. The fraction of sp³-hybridized carbons (Fsp3) is 0.312. The van der Waals surface area contributed by atoms with Crippen LogP contribution >= 0.6 is 11.3 Å². The first-order chi connectivity index (χ1) is 12.0. The summed E-state index contributed by atoms with van der Waals surface area (Å²) in [6.45, 7) is 1.13. The first kappa shape index (κ1) is 16.2. The monoisotopic (exact) mass is 376 g/mol. The Balaban J connectivity index is 1.55. The quantitative estimate of drug-likeness (QED) is 0.865. The van der Waals surface area contributed by atoms with Crippen LogP contribution in [0.5, 0.6) is 0 Å². The second-order valence-electron chi connectivity index (χ2n) is 6.00. The van der Waals surface area contributed by atoms with Crippen molar-refractivity contribution in [1.82, 2.24) is 9.88 Å². The van der Waals surface area contributed by atoms with Gasteiger partial charge in [0.1, 0.15) is 4.90 Å². The van der Waals surface area contributed by atoms with Crippen LogP contribution in [-0.4, -0.2) is 43.1 Å². The number of thiazole rings is 1. The molecule has 7 nitrogen and oxygen atoms in total. The predicted octanol–water partition coefficient (Wildman–Crippen LogP) is 1.94. The summed E-state index contributed by atoms with van der Waals surface area (Å²) < 4.78 is 28.4. The maximum Gasteiger partial charge on any atom is 0.285 e. The lowest BCUT2D eigenvalue weighted by atomic mass is 9.96. The van der Waals surface area contributed by atoms with E-state index < -0.39 is 10.0 Å². The second-order valence-corrected chi connectivity index (χ2v) is 8.46. The van der Waals surface area contributed by atoms with Gasteiger partial charge in [-0.25, -0.2) is 4.98 Å². The minimum absolute atomic E-state index is 0.0885. The first-order valence-corrected chi connectivity index (χ1v) is 10.3. The standard InChI is InChI=1S/C16H16N4O3S2/c21-15(18-16-17-7-9-24-16)11-4-3-8-20(10-11)14-12-5-1-2-6-13(12)25(22,23)19-14/h1-2,5-7,9,11H,3-4,8,10H2,(H,17,18,21). The molecule has 0 spiro atoms. The topological polar surface area (TPSA) is 91.7 Å². The summed E-state index contributed by atoms with van der Waals surface area (Å²) >= 11 is 1.37. The molecule has 1 atom stereocenters. The molecule has 9 heteroatoms. The third kappa shape index (κ3) is 3.05. The highest BCUT2D eigenvalue weighted by molar-refractivity contribution is 7.90. The van der Waals surface area contributed by atoms with E-state index in [4.69, 9.17) is 0 Å². The largest absolute Gasteiger partial charge is 0.355 e. The lowest BCUT2D eigenvalue weighted by Gasteiger charge is -2.33. The Morgan fingerprint density at radius 3 is 2.96 bits per heavy atom. The van der Waals surface area contributed by atoms with Gasteiger partial charge in [-0.15, -0.1) is 15.7 Å². The lowest BCUT2D eigenvalue weighted by Crippen LogP contribution is -2.43. The van der Waals surface area contributed by atoms with E-state index in [0.29, 0.717) is 29.6 Å². The number of hydrogen-bond donors (Lipinski definition) is 1. The third-order valence-electron chi connectivity index (χ3n) is 4.37. The molecule has 1 aromatic heterocycles. The molecule has 1 N–H and O–H groups in total. The number of piperidine rings is 1. The van der Waals surface area contributed by atoms with Gasteiger partial charge >= 0.3 is 0 Å². The number of nitrogens with zero attached hydrogens (tertiary/aromatic N) is 3. The number of nitrogens with one attached hydrogen (secondary N) is 1. The first-order valence-electron chi connectivity index (χ1n) is 7.94. The van der Waals surface area contributed by atoms with Gasteiger partial charge in [0.15, 0.2) is 11.0 Å². The van der Waals surface area contributed by atoms with Crippen LogP contribution in [0, 0.1) is 5.92 Å². The van der Waals surface area contributed by atoms with Crippen molar-refractivity contribution in [3.63, 3.8) is 0 Å². The van der Waals surface area contributed by atoms with Crippen LogP contribution in [0.4, 0.5) is 5.13 Å². The van der Waals surface area contributed by atoms with Crippen molar-refractivity contribution in [3.05, 3.63) is 41.4 Å². The van der Waals surface area contributed by atoms with Gasteiger partial charge in [0.05, 0.1) is 5.92 Å². The molecule has 2 aromatic rings. The number of amidine groups is 1. The molecule has 1 amide bonds. The van der Waals surface area contributed by atoms with Crippen molar-refractivity contribution in [3.8, 4) is 0 Å². The molecule has 0 saturated carbocycles. The van der Waals surface area contributed by atoms with Crippen LogP contribution in [0.2, 0.25) is 0 Å². The summed E-state index contributed by atoms with van der Waals surface area (Å²) in [5.74, 6) is 0.132. The minimum atomic E-state index is -3.65. The summed E-state index contributed by atoms with van der Waals surface area (Å²) in [7, 11) is -3.65. The van der Waals surface area contributed by atoms with Crippen LogP contribution in [0.15, 0.2) is 45.1 Å². The number of benzene rings is 1. The van der Waals surface area contributed by atoms with E-state index in [0.717, 1.165) is 12.8 Å². The van der Waals surface area contributed by atoms with Crippen molar-refractivity contribution >= 4 is 38.2 Å². The van der Waals surface area contributed by atoms with Gasteiger partial charge in [0, 0.05) is 30.2 Å². The van der Waals surface area contributed by atoms with Crippen LogP contribution in [-0.2, 0) is 14.8 Å². The Morgan fingerprint density at radius 1 is 1.32 bits per heavy atom. The Hall–Kier alpha value is -2.26. The van der Waals surface area contributed by atoms with Crippen molar-refractivity contribution in [2.24, 2.45) is 10.3 Å². The van der Waals surface area contributed by atoms with Gasteiger partial charge in [0.25, 0.3) is 10.0 Å².